The monoisotopic (exact) mass is 300 g/mol. The minimum absolute atomic E-state index is 0.345. The zero-order valence-corrected chi connectivity index (χ0v) is 10.8. The van der Waals surface area contributed by atoms with Gasteiger partial charge in [0.25, 0.3) is 0 Å². The Morgan fingerprint density at radius 1 is 1.38 bits per heavy atom. The summed E-state index contributed by atoms with van der Waals surface area (Å²) in [6.07, 6.45) is -0.175. The fraction of sp³-hybridized carbons (Fsp3) is 0.167. The molecule has 4 heteroatoms. The van der Waals surface area contributed by atoms with Crippen molar-refractivity contribution < 1.29 is 9.50 Å². The van der Waals surface area contributed by atoms with Crippen molar-refractivity contribution in [2.75, 3.05) is 0 Å². The normalized spacial score (nSPS) is 12.7. The van der Waals surface area contributed by atoms with Crippen molar-refractivity contribution in [2.45, 2.75) is 12.5 Å². The van der Waals surface area contributed by atoms with E-state index in [9.17, 15) is 9.50 Å². The molecule has 0 aliphatic carbocycles. The van der Waals surface area contributed by atoms with Crippen molar-refractivity contribution in [1.82, 2.24) is 0 Å². The van der Waals surface area contributed by atoms with Gasteiger partial charge in [-0.25, -0.2) is 4.39 Å². The number of thiophene rings is 1. The van der Waals surface area contributed by atoms with E-state index in [0.717, 1.165) is 5.56 Å². The van der Waals surface area contributed by atoms with Crippen LogP contribution in [0.15, 0.2) is 39.5 Å². The standard InChI is InChI=1S/C12H10BrFOS/c13-12-9(2-1-3-10(12)14)11(15)6-8-4-5-16-7-8/h1-5,7,11,15H,6H2. The van der Waals surface area contributed by atoms with E-state index in [-0.39, 0.29) is 5.82 Å². The van der Waals surface area contributed by atoms with Crippen molar-refractivity contribution in [1.29, 1.82) is 0 Å². The topological polar surface area (TPSA) is 20.2 Å². The Labute approximate surface area is 106 Å². The Morgan fingerprint density at radius 2 is 2.19 bits per heavy atom. The minimum Gasteiger partial charge on any atom is -0.388 e. The van der Waals surface area contributed by atoms with Gasteiger partial charge in [0.2, 0.25) is 0 Å². The maximum absolute atomic E-state index is 13.3. The van der Waals surface area contributed by atoms with Crippen LogP contribution in [0.1, 0.15) is 17.2 Å². The lowest BCUT2D eigenvalue weighted by Gasteiger charge is -2.12. The molecular weight excluding hydrogens is 291 g/mol. The molecular formula is C12H10BrFOS. The fourth-order valence-corrected chi connectivity index (χ4v) is 2.73. The number of hydrogen-bond acceptors (Lipinski definition) is 2. The zero-order chi connectivity index (χ0) is 11.5. The second-order valence-electron chi connectivity index (χ2n) is 3.49. The maximum atomic E-state index is 13.3. The van der Waals surface area contributed by atoms with Crippen molar-refractivity contribution >= 4 is 27.3 Å². The van der Waals surface area contributed by atoms with Crippen molar-refractivity contribution in [2.24, 2.45) is 0 Å². The number of aliphatic hydroxyl groups excluding tert-OH is 1. The molecule has 84 valence electrons. The first-order chi connectivity index (χ1) is 7.68. The summed E-state index contributed by atoms with van der Waals surface area (Å²) in [5, 5.41) is 13.9. The van der Waals surface area contributed by atoms with E-state index in [4.69, 9.17) is 0 Å². The van der Waals surface area contributed by atoms with Crippen LogP contribution in [-0.2, 0) is 6.42 Å². The van der Waals surface area contributed by atoms with E-state index in [1.165, 1.54) is 6.07 Å². The lowest BCUT2D eigenvalue weighted by molar-refractivity contribution is 0.177. The zero-order valence-electron chi connectivity index (χ0n) is 8.36. The number of hydrogen-bond donors (Lipinski definition) is 1. The Bertz CT molecular complexity index is 470. The molecule has 1 aromatic heterocycles. The molecule has 2 rings (SSSR count). The summed E-state index contributed by atoms with van der Waals surface area (Å²) >= 11 is 4.74. The first kappa shape index (κ1) is 11.8. The highest BCUT2D eigenvalue weighted by Gasteiger charge is 2.14. The molecule has 0 radical (unpaired) electrons. The molecule has 0 saturated heterocycles. The van der Waals surface area contributed by atoms with E-state index in [0.29, 0.717) is 16.5 Å². The molecule has 1 atom stereocenters. The first-order valence-electron chi connectivity index (χ1n) is 4.81. The quantitative estimate of drug-likeness (QED) is 0.911. The van der Waals surface area contributed by atoms with Crippen molar-refractivity contribution in [3.8, 4) is 0 Å². The largest absolute Gasteiger partial charge is 0.388 e. The van der Waals surface area contributed by atoms with Crippen LogP contribution >= 0.6 is 27.3 Å². The predicted molar refractivity (Wildman–Crippen MR) is 67.1 cm³/mol. The fourth-order valence-electron chi connectivity index (χ4n) is 1.52. The molecule has 0 amide bonds. The Morgan fingerprint density at radius 3 is 2.88 bits per heavy atom. The summed E-state index contributed by atoms with van der Waals surface area (Å²) < 4.78 is 13.6. The highest BCUT2D eigenvalue weighted by Crippen LogP contribution is 2.28. The molecule has 2 aromatic rings. The van der Waals surface area contributed by atoms with Gasteiger partial charge in [-0.3, -0.25) is 0 Å². The summed E-state index contributed by atoms with van der Waals surface area (Å²) in [7, 11) is 0. The third-order valence-electron chi connectivity index (χ3n) is 2.35. The van der Waals surface area contributed by atoms with E-state index in [1.54, 1.807) is 23.5 Å². The van der Waals surface area contributed by atoms with Gasteiger partial charge in [-0.1, -0.05) is 12.1 Å². The van der Waals surface area contributed by atoms with E-state index >= 15 is 0 Å². The third kappa shape index (κ3) is 2.51. The summed E-state index contributed by atoms with van der Waals surface area (Å²) in [6.45, 7) is 0. The smallest absolute Gasteiger partial charge is 0.137 e. The summed E-state index contributed by atoms with van der Waals surface area (Å²) in [4.78, 5) is 0. The van der Waals surface area contributed by atoms with Gasteiger partial charge in [-0.15, -0.1) is 0 Å². The average Bonchev–Trinajstić information content (AvgIpc) is 2.74. The van der Waals surface area contributed by atoms with Crippen molar-refractivity contribution in [3.63, 3.8) is 0 Å². The molecule has 0 fully saturated rings. The maximum Gasteiger partial charge on any atom is 0.137 e. The molecule has 1 unspecified atom stereocenters. The Hall–Kier alpha value is -0.710. The molecule has 1 nitrogen and oxygen atoms in total. The number of aliphatic hydroxyl groups is 1. The van der Waals surface area contributed by atoms with Gasteiger partial charge in [0, 0.05) is 6.42 Å². The van der Waals surface area contributed by atoms with E-state index in [1.807, 2.05) is 16.8 Å². The molecule has 0 aliphatic rings. The van der Waals surface area contributed by atoms with Crippen LogP contribution < -0.4 is 0 Å². The summed E-state index contributed by atoms with van der Waals surface area (Å²) in [5.41, 5.74) is 1.65. The average molecular weight is 301 g/mol. The molecule has 0 saturated carbocycles. The van der Waals surface area contributed by atoms with Crippen LogP contribution in [0.5, 0.6) is 0 Å². The summed E-state index contributed by atoms with van der Waals surface area (Å²) in [6, 6.07) is 6.66. The van der Waals surface area contributed by atoms with E-state index < -0.39 is 6.10 Å². The molecule has 0 spiro atoms. The van der Waals surface area contributed by atoms with Crippen molar-refractivity contribution in [3.05, 3.63) is 56.4 Å². The van der Waals surface area contributed by atoms with Gasteiger partial charge in [0.1, 0.15) is 5.82 Å². The molecule has 16 heavy (non-hydrogen) atoms. The SMILES string of the molecule is OC(Cc1ccsc1)c1cccc(F)c1Br. The molecule has 0 aliphatic heterocycles. The van der Waals surface area contributed by atoms with Gasteiger partial charge in [-0.2, -0.15) is 11.3 Å². The second-order valence-corrected chi connectivity index (χ2v) is 5.07. The van der Waals surface area contributed by atoms with E-state index in [2.05, 4.69) is 15.9 Å². The van der Waals surface area contributed by atoms with Gasteiger partial charge in [0.05, 0.1) is 10.6 Å². The Balaban J connectivity index is 2.21. The highest BCUT2D eigenvalue weighted by molar-refractivity contribution is 9.10. The van der Waals surface area contributed by atoms with Crippen LogP contribution in [0.3, 0.4) is 0 Å². The summed E-state index contributed by atoms with van der Waals surface area (Å²) in [5.74, 6) is -0.345. The van der Waals surface area contributed by atoms with Crippen LogP contribution in [-0.4, -0.2) is 5.11 Å². The molecule has 0 bridgehead atoms. The van der Waals surface area contributed by atoms with Crippen LogP contribution in [0.4, 0.5) is 4.39 Å². The minimum atomic E-state index is -0.681. The highest BCUT2D eigenvalue weighted by atomic mass is 79.9. The lowest BCUT2D eigenvalue weighted by atomic mass is 10.0. The van der Waals surface area contributed by atoms with Gasteiger partial charge in [0.15, 0.2) is 0 Å². The van der Waals surface area contributed by atoms with Gasteiger partial charge in [-0.05, 0) is 49.9 Å². The number of benzene rings is 1. The number of halogens is 2. The number of rotatable bonds is 3. The van der Waals surface area contributed by atoms with Crippen LogP contribution in [0, 0.1) is 5.82 Å². The Kier molecular flexibility index (Phi) is 3.74. The molecule has 1 heterocycles. The molecule has 1 N–H and O–H groups in total. The molecule has 1 aromatic carbocycles. The van der Waals surface area contributed by atoms with Gasteiger partial charge >= 0.3 is 0 Å². The van der Waals surface area contributed by atoms with Crippen LogP contribution in [0.2, 0.25) is 0 Å². The third-order valence-corrected chi connectivity index (χ3v) is 3.92. The van der Waals surface area contributed by atoms with Crippen LogP contribution in [0.25, 0.3) is 0 Å². The second kappa shape index (κ2) is 5.08. The first-order valence-corrected chi connectivity index (χ1v) is 6.55. The predicted octanol–water partition coefficient (Wildman–Crippen LogP) is 3.93. The van der Waals surface area contributed by atoms with Gasteiger partial charge < -0.3 is 5.11 Å². The lowest BCUT2D eigenvalue weighted by Crippen LogP contribution is -2.02.